The van der Waals surface area contributed by atoms with E-state index in [-0.39, 0.29) is 18.4 Å². The van der Waals surface area contributed by atoms with Crippen LogP contribution in [0, 0.1) is 13.8 Å². The van der Waals surface area contributed by atoms with Gasteiger partial charge in [-0.1, -0.05) is 72.8 Å². The average molecular weight is 473 g/mol. The predicted molar refractivity (Wildman–Crippen MR) is 140 cm³/mol. The Hall–Kier alpha value is -3.60. The number of hydrogen-bond acceptors (Lipinski definition) is 3. The molecule has 1 atom stereocenters. The second-order valence-electron chi connectivity index (χ2n) is 10.0. The highest BCUT2D eigenvalue weighted by Gasteiger charge is 2.32. The fourth-order valence-corrected chi connectivity index (χ4v) is 3.87. The zero-order chi connectivity index (χ0) is 25.4. The Kier molecular flexibility index (Phi) is 8.69. The van der Waals surface area contributed by atoms with E-state index in [1.165, 1.54) is 0 Å². The molecule has 5 nitrogen and oxygen atoms in total. The summed E-state index contributed by atoms with van der Waals surface area (Å²) in [4.78, 5) is 28.8. The van der Waals surface area contributed by atoms with E-state index in [0.29, 0.717) is 18.7 Å². The van der Waals surface area contributed by atoms with E-state index in [1.54, 1.807) is 4.90 Å². The van der Waals surface area contributed by atoms with E-state index in [0.717, 1.165) is 22.3 Å². The molecule has 0 fully saturated rings. The van der Waals surface area contributed by atoms with Crippen LogP contribution >= 0.6 is 0 Å². The molecule has 0 unspecified atom stereocenters. The second-order valence-corrected chi connectivity index (χ2v) is 10.0. The van der Waals surface area contributed by atoms with Crippen molar-refractivity contribution in [3.63, 3.8) is 0 Å². The van der Waals surface area contributed by atoms with Crippen molar-refractivity contribution in [2.24, 2.45) is 0 Å². The number of nitrogens with one attached hydrogen (secondary N) is 1. The molecule has 2 amide bonds. The molecule has 3 rings (SSSR count). The summed E-state index contributed by atoms with van der Waals surface area (Å²) >= 11 is 0. The van der Waals surface area contributed by atoms with E-state index in [4.69, 9.17) is 4.74 Å². The van der Waals surface area contributed by atoms with Gasteiger partial charge >= 0.3 is 0 Å². The normalized spacial score (nSPS) is 12.0. The Morgan fingerprint density at radius 3 is 2.09 bits per heavy atom. The van der Waals surface area contributed by atoms with Gasteiger partial charge in [0.05, 0.1) is 0 Å². The van der Waals surface area contributed by atoms with Crippen molar-refractivity contribution in [3.8, 4) is 5.75 Å². The summed E-state index contributed by atoms with van der Waals surface area (Å²) in [5.41, 5.74) is 3.54. The molecule has 3 aromatic rings. The third-order valence-electron chi connectivity index (χ3n) is 5.66. The lowest BCUT2D eigenvalue weighted by Gasteiger charge is -2.33. The minimum absolute atomic E-state index is 0.148. The smallest absolute Gasteiger partial charge is 0.261 e. The van der Waals surface area contributed by atoms with Crippen molar-refractivity contribution in [3.05, 3.63) is 101 Å². The van der Waals surface area contributed by atoms with Gasteiger partial charge < -0.3 is 15.0 Å². The third-order valence-corrected chi connectivity index (χ3v) is 5.66. The highest BCUT2D eigenvalue weighted by atomic mass is 16.5. The Bertz CT molecular complexity index is 1120. The first-order valence-corrected chi connectivity index (χ1v) is 12.0. The van der Waals surface area contributed by atoms with Crippen LogP contribution < -0.4 is 10.1 Å². The number of hydrogen-bond donors (Lipinski definition) is 1. The van der Waals surface area contributed by atoms with Gasteiger partial charge in [0.25, 0.3) is 5.91 Å². The Balaban J connectivity index is 1.92. The Morgan fingerprint density at radius 2 is 1.49 bits per heavy atom. The van der Waals surface area contributed by atoms with Gasteiger partial charge in [-0.25, -0.2) is 0 Å². The lowest BCUT2D eigenvalue weighted by Crippen LogP contribution is -2.55. The quantitative estimate of drug-likeness (QED) is 0.464. The second kappa shape index (κ2) is 11.7. The number of aryl methyl sites for hydroxylation is 2. The molecule has 0 bridgehead atoms. The SMILES string of the molecule is Cc1ccc(C)c(OCC(=O)N(Cc2ccccc2)[C@H](Cc2ccccc2)C(=O)NC(C)(C)C)c1. The highest BCUT2D eigenvalue weighted by molar-refractivity contribution is 5.89. The van der Waals surface area contributed by atoms with Gasteiger partial charge in [0, 0.05) is 18.5 Å². The molecule has 1 N–H and O–H groups in total. The van der Waals surface area contributed by atoms with Crippen molar-refractivity contribution in [2.45, 2.75) is 59.2 Å². The molecule has 0 saturated heterocycles. The van der Waals surface area contributed by atoms with Gasteiger partial charge in [-0.15, -0.1) is 0 Å². The van der Waals surface area contributed by atoms with Crippen LogP contribution in [-0.4, -0.2) is 34.9 Å². The Labute approximate surface area is 209 Å². The molecule has 3 aromatic carbocycles. The summed E-state index contributed by atoms with van der Waals surface area (Å²) in [6, 6.07) is 24.8. The average Bonchev–Trinajstić information content (AvgIpc) is 2.82. The van der Waals surface area contributed by atoms with E-state index in [9.17, 15) is 9.59 Å². The lowest BCUT2D eigenvalue weighted by atomic mass is 10.0. The largest absolute Gasteiger partial charge is 0.483 e. The maximum atomic E-state index is 13.6. The number of nitrogens with zero attached hydrogens (tertiary/aromatic N) is 1. The molecular formula is C30H36N2O3. The maximum Gasteiger partial charge on any atom is 0.261 e. The van der Waals surface area contributed by atoms with Crippen molar-refractivity contribution >= 4 is 11.8 Å². The third kappa shape index (κ3) is 7.99. The summed E-state index contributed by atoms with van der Waals surface area (Å²) in [5, 5.41) is 3.08. The molecule has 5 heteroatoms. The molecule has 0 radical (unpaired) electrons. The first-order valence-electron chi connectivity index (χ1n) is 12.0. The number of carbonyl (C=O) groups is 2. The molecule has 0 spiro atoms. The molecule has 0 aliphatic heterocycles. The first kappa shape index (κ1) is 26.0. The van der Waals surface area contributed by atoms with Crippen LogP contribution in [0.5, 0.6) is 5.75 Å². The van der Waals surface area contributed by atoms with Crippen LogP contribution in [0.2, 0.25) is 0 Å². The van der Waals surface area contributed by atoms with Crippen LogP contribution in [0.15, 0.2) is 78.9 Å². The van der Waals surface area contributed by atoms with E-state index in [1.807, 2.05) is 113 Å². The fourth-order valence-electron chi connectivity index (χ4n) is 3.87. The van der Waals surface area contributed by atoms with Gasteiger partial charge in [0.15, 0.2) is 6.61 Å². The molecule has 0 heterocycles. The number of carbonyl (C=O) groups excluding carboxylic acids is 2. The van der Waals surface area contributed by atoms with Crippen molar-refractivity contribution in [1.82, 2.24) is 10.2 Å². The van der Waals surface area contributed by atoms with E-state index >= 15 is 0 Å². The van der Waals surface area contributed by atoms with Crippen molar-refractivity contribution < 1.29 is 14.3 Å². The van der Waals surface area contributed by atoms with Crippen molar-refractivity contribution in [1.29, 1.82) is 0 Å². The molecule has 35 heavy (non-hydrogen) atoms. The van der Waals surface area contributed by atoms with Crippen LogP contribution in [0.4, 0.5) is 0 Å². The fraction of sp³-hybridized carbons (Fsp3) is 0.333. The van der Waals surface area contributed by atoms with Gasteiger partial charge in [-0.3, -0.25) is 9.59 Å². The van der Waals surface area contributed by atoms with Gasteiger partial charge in [0.1, 0.15) is 11.8 Å². The molecule has 0 saturated carbocycles. The Morgan fingerprint density at radius 1 is 0.886 bits per heavy atom. The summed E-state index contributed by atoms with van der Waals surface area (Å²) in [6.07, 6.45) is 0.408. The minimum atomic E-state index is -0.688. The highest BCUT2D eigenvalue weighted by Crippen LogP contribution is 2.20. The van der Waals surface area contributed by atoms with Crippen LogP contribution in [-0.2, 0) is 22.6 Å². The number of ether oxygens (including phenoxy) is 1. The molecule has 0 aliphatic carbocycles. The predicted octanol–water partition coefficient (Wildman–Crippen LogP) is 5.24. The lowest BCUT2D eigenvalue weighted by molar-refractivity contribution is -0.143. The van der Waals surface area contributed by atoms with E-state index < -0.39 is 11.6 Å². The van der Waals surface area contributed by atoms with Crippen LogP contribution in [0.3, 0.4) is 0 Å². The number of benzene rings is 3. The standard InChI is InChI=1S/C30H36N2O3/c1-22-16-17-23(2)27(18-22)35-21-28(33)32(20-25-14-10-7-11-15-25)26(29(34)31-30(3,4)5)19-24-12-8-6-9-13-24/h6-18,26H,19-21H2,1-5H3,(H,31,34)/t26-/m1/s1. The zero-order valence-corrected chi connectivity index (χ0v) is 21.4. The zero-order valence-electron chi connectivity index (χ0n) is 21.4. The maximum absolute atomic E-state index is 13.6. The topological polar surface area (TPSA) is 58.6 Å². The monoisotopic (exact) mass is 472 g/mol. The number of amides is 2. The summed E-state index contributed by atoms with van der Waals surface area (Å²) < 4.78 is 5.96. The summed E-state index contributed by atoms with van der Waals surface area (Å²) in [7, 11) is 0. The summed E-state index contributed by atoms with van der Waals surface area (Å²) in [6.45, 7) is 9.93. The number of rotatable bonds is 9. The van der Waals surface area contributed by atoms with E-state index in [2.05, 4.69) is 5.32 Å². The summed E-state index contributed by atoms with van der Waals surface area (Å²) in [5.74, 6) is 0.258. The van der Waals surface area contributed by atoms with Crippen LogP contribution in [0.1, 0.15) is 43.0 Å². The molecule has 0 aliphatic rings. The van der Waals surface area contributed by atoms with Gasteiger partial charge in [0.2, 0.25) is 5.91 Å². The molecule has 0 aromatic heterocycles. The molecular weight excluding hydrogens is 436 g/mol. The van der Waals surface area contributed by atoms with Crippen LogP contribution in [0.25, 0.3) is 0 Å². The van der Waals surface area contributed by atoms with Gasteiger partial charge in [-0.2, -0.15) is 0 Å². The molecule has 184 valence electrons. The first-order chi connectivity index (χ1) is 16.6. The van der Waals surface area contributed by atoms with Crippen molar-refractivity contribution in [2.75, 3.05) is 6.61 Å². The minimum Gasteiger partial charge on any atom is -0.483 e. The van der Waals surface area contributed by atoms with Gasteiger partial charge in [-0.05, 0) is 62.9 Å².